The molecule has 0 amide bonds. The van der Waals surface area contributed by atoms with Crippen molar-refractivity contribution in [3.8, 4) is 0 Å². The molecule has 0 spiro atoms. The van der Waals surface area contributed by atoms with Crippen LogP contribution in [-0.2, 0) is 0 Å². The molecule has 0 bridgehead atoms. The topological polar surface area (TPSA) is 25.2 Å². The van der Waals surface area contributed by atoms with Crippen molar-refractivity contribution in [1.29, 1.82) is 0 Å². The number of rotatable bonds is 4. The van der Waals surface area contributed by atoms with Gasteiger partial charge in [0.25, 0.3) is 0 Å². The molecule has 1 aromatic carbocycles. The first kappa shape index (κ1) is 12.9. The Morgan fingerprint density at radius 2 is 2.18 bits per heavy atom. The van der Waals surface area contributed by atoms with Crippen LogP contribution in [0.1, 0.15) is 24.1 Å². The smallest absolute Gasteiger partial charge is 0.0953 e. The van der Waals surface area contributed by atoms with E-state index in [1.165, 1.54) is 0 Å². The molecule has 0 saturated heterocycles. The lowest BCUT2D eigenvalue weighted by molar-refractivity contribution is 0.553. The second-order valence-electron chi connectivity index (χ2n) is 3.72. The molecule has 0 aliphatic carbocycles. The second kappa shape index (κ2) is 5.89. The van der Waals surface area contributed by atoms with Crippen molar-refractivity contribution < 1.29 is 4.42 Å². The summed E-state index contributed by atoms with van der Waals surface area (Å²) in [5, 5.41) is 4.21. The zero-order valence-corrected chi connectivity index (χ0v) is 12.3. The predicted molar refractivity (Wildman–Crippen MR) is 78.4 cm³/mol. The zero-order valence-electron chi connectivity index (χ0n) is 9.41. The lowest BCUT2D eigenvalue weighted by Crippen LogP contribution is -2.21. The Kier molecular flexibility index (Phi) is 4.48. The molecule has 2 nitrogen and oxygen atoms in total. The molecule has 17 heavy (non-hydrogen) atoms. The second-order valence-corrected chi connectivity index (χ2v) is 5.29. The summed E-state index contributed by atoms with van der Waals surface area (Å²) in [6.07, 6.45) is 3.45. The number of benzene rings is 1. The predicted octanol–water partition coefficient (Wildman–Crippen LogP) is 4.24. The number of nitrogens with one attached hydrogen (secondary N) is 1. The fraction of sp³-hybridized carbons (Fsp3) is 0.231. The van der Waals surface area contributed by atoms with Crippen LogP contribution in [0.5, 0.6) is 0 Å². The largest absolute Gasteiger partial charge is 0.472 e. The molecule has 2 rings (SSSR count). The minimum absolute atomic E-state index is 0.133. The van der Waals surface area contributed by atoms with E-state index in [4.69, 9.17) is 16.0 Å². The van der Waals surface area contributed by atoms with Gasteiger partial charge in [0, 0.05) is 9.13 Å². The van der Waals surface area contributed by atoms with Gasteiger partial charge in [0.2, 0.25) is 0 Å². The van der Waals surface area contributed by atoms with Gasteiger partial charge in [-0.25, -0.2) is 0 Å². The van der Waals surface area contributed by atoms with E-state index >= 15 is 0 Å². The average Bonchev–Trinajstić information content (AvgIpc) is 2.83. The highest BCUT2D eigenvalue weighted by atomic mass is 127. The highest BCUT2D eigenvalue weighted by Gasteiger charge is 2.14. The summed E-state index contributed by atoms with van der Waals surface area (Å²) in [5.41, 5.74) is 2.27. The van der Waals surface area contributed by atoms with E-state index in [1.807, 2.05) is 18.2 Å². The first-order valence-electron chi connectivity index (χ1n) is 5.42. The van der Waals surface area contributed by atoms with Crippen molar-refractivity contribution >= 4 is 34.2 Å². The summed E-state index contributed by atoms with van der Waals surface area (Å²) in [4.78, 5) is 0. The molecule has 1 atom stereocenters. The third-order valence-electron chi connectivity index (χ3n) is 2.56. The van der Waals surface area contributed by atoms with Crippen molar-refractivity contribution in [3.63, 3.8) is 0 Å². The minimum atomic E-state index is 0.133. The number of furan rings is 1. The molecular weight excluding hydrogens is 349 g/mol. The van der Waals surface area contributed by atoms with Crippen LogP contribution in [0.4, 0.5) is 0 Å². The van der Waals surface area contributed by atoms with E-state index < -0.39 is 0 Å². The van der Waals surface area contributed by atoms with E-state index in [9.17, 15) is 0 Å². The van der Waals surface area contributed by atoms with Crippen molar-refractivity contribution in [2.75, 3.05) is 6.54 Å². The molecule has 1 N–H and O–H groups in total. The van der Waals surface area contributed by atoms with Gasteiger partial charge in [0.1, 0.15) is 0 Å². The maximum Gasteiger partial charge on any atom is 0.0953 e. The Hall–Kier alpha value is -0.520. The summed E-state index contributed by atoms with van der Waals surface area (Å²) >= 11 is 8.39. The Bertz CT molecular complexity index is 484. The van der Waals surface area contributed by atoms with Crippen molar-refractivity contribution in [2.24, 2.45) is 0 Å². The van der Waals surface area contributed by atoms with Crippen LogP contribution in [-0.4, -0.2) is 6.54 Å². The molecule has 1 heterocycles. The summed E-state index contributed by atoms with van der Waals surface area (Å²) in [5.74, 6) is 0. The summed E-state index contributed by atoms with van der Waals surface area (Å²) in [6.45, 7) is 2.97. The molecule has 90 valence electrons. The monoisotopic (exact) mass is 361 g/mol. The average molecular weight is 362 g/mol. The first-order chi connectivity index (χ1) is 8.22. The molecular formula is C13H13ClINO. The molecule has 0 aliphatic rings. The van der Waals surface area contributed by atoms with E-state index in [2.05, 4.69) is 40.9 Å². The van der Waals surface area contributed by atoms with Crippen LogP contribution in [0.25, 0.3) is 0 Å². The van der Waals surface area contributed by atoms with Gasteiger partial charge in [-0.2, -0.15) is 0 Å². The third-order valence-corrected chi connectivity index (χ3v) is 4.13. The van der Waals surface area contributed by atoms with Gasteiger partial charge in [-0.3, -0.25) is 0 Å². The summed E-state index contributed by atoms with van der Waals surface area (Å²) in [6, 6.07) is 8.23. The summed E-state index contributed by atoms with van der Waals surface area (Å²) in [7, 11) is 0. The fourth-order valence-corrected chi connectivity index (χ4v) is 2.29. The molecule has 0 radical (unpaired) electrons. The zero-order chi connectivity index (χ0) is 12.3. The number of hydrogen-bond donors (Lipinski definition) is 1. The minimum Gasteiger partial charge on any atom is -0.472 e. The lowest BCUT2D eigenvalue weighted by atomic mass is 10.0. The maximum atomic E-state index is 6.16. The SMILES string of the molecule is CCNC(c1ccoc1)c1ccc(I)c(Cl)c1. The third kappa shape index (κ3) is 3.03. The van der Waals surface area contributed by atoms with Crippen LogP contribution < -0.4 is 5.32 Å². The van der Waals surface area contributed by atoms with Crippen LogP contribution in [0.15, 0.2) is 41.2 Å². The van der Waals surface area contributed by atoms with Crippen LogP contribution in [0.3, 0.4) is 0 Å². The van der Waals surface area contributed by atoms with Gasteiger partial charge < -0.3 is 9.73 Å². The normalized spacial score (nSPS) is 12.6. The number of hydrogen-bond acceptors (Lipinski definition) is 2. The fourth-order valence-electron chi connectivity index (χ4n) is 1.76. The molecule has 1 unspecified atom stereocenters. The molecule has 1 aromatic heterocycles. The molecule has 2 aromatic rings. The first-order valence-corrected chi connectivity index (χ1v) is 6.88. The van der Waals surface area contributed by atoms with Gasteiger partial charge in [0.15, 0.2) is 0 Å². The van der Waals surface area contributed by atoms with Gasteiger partial charge >= 0.3 is 0 Å². The van der Waals surface area contributed by atoms with Crippen LogP contribution >= 0.6 is 34.2 Å². The van der Waals surface area contributed by atoms with Gasteiger partial charge in [0.05, 0.1) is 23.6 Å². The number of halogens is 2. The van der Waals surface area contributed by atoms with Crippen molar-refractivity contribution in [3.05, 3.63) is 56.5 Å². The Morgan fingerprint density at radius 1 is 1.35 bits per heavy atom. The standard InChI is InChI=1S/C13H13ClINO/c1-2-16-13(10-5-6-17-8-10)9-3-4-12(15)11(14)7-9/h3-8,13,16H,2H2,1H3. The lowest BCUT2D eigenvalue weighted by Gasteiger charge is -2.17. The van der Waals surface area contributed by atoms with Crippen LogP contribution in [0.2, 0.25) is 5.02 Å². The Labute approximate surface area is 119 Å². The van der Waals surface area contributed by atoms with E-state index in [1.54, 1.807) is 12.5 Å². The Morgan fingerprint density at radius 3 is 2.76 bits per heavy atom. The Balaban J connectivity index is 2.35. The highest BCUT2D eigenvalue weighted by molar-refractivity contribution is 14.1. The molecule has 4 heteroatoms. The van der Waals surface area contributed by atoms with Gasteiger partial charge in [-0.05, 0) is 52.9 Å². The highest BCUT2D eigenvalue weighted by Crippen LogP contribution is 2.27. The maximum absolute atomic E-state index is 6.16. The van der Waals surface area contributed by atoms with Crippen LogP contribution in [0, 0.1) is 3.57 Å². The van der Waals surface area contributed by atoms with E-state index in [0.29, 0.717) is 0 Å². The molecule has 0 saturated carbocycles. The van der Waals surface area contributed by atoms with E-state index in [-0.39, 0.29) is 6.04 Å². The molecule has 0 fully saturated rings. The summed E-state index contributed by atoms with van der Waals surface area (Å²) < 4.78 is 6.21. The van der Waals surface area contributed by atoms with Crippen molar-refractivity contribution in [1.82, 2.24) is 5.32 Å². The van der Waals surface area contributed by atoms with E-state index in [0.717, 1.165) is 26.3 Å². The quantitative estimate of drug-likeness (QED) is 0.824. The van der Waals surface area contributed by atoms with Crippen molar-refractivity contribution in [2.45, 2.75) is 13.0 Å². The van der Waals surface area contributed by atoms with Gasteiger partial charge in [-0.15, -0.1) is 0 Å². The van der Waals surface area contributed by atoms with Gasteiger partial charge in [-0.1, -0.05) is 24.6 Å². The molecule has 0 aliphatic heterocycles.